The number of carbonyl (C=O) groups excluding carboxylic acids is 1. The third kappa shape index (κ3) is 1.37. The first-order chi connectivity index (χ1) is 7.16. The lowest BCUT2D eigenvalue weighted by Crippen LogP contribution is -2.05. The molecule has 2 nitrogen and oxygen atoms in total. The molecule has 0 aliphatic rings. The van der Waals surface area contributed by atoms with Crippen LogP contribution in [0, 0.1) is 6.92 Å². The molecule has 0 N–H and O–H groups in total. The molecule has 0 bridgehead atoms. The van der Waals surface area contributed by atoms with Gasteiger partial charge < -0.3 is 4.57 Å². The van der Waals surface area contributed by atoms with Crippen molar-refractivity contribution < 1.29 is 4.79 Å². The minimum Gasteiger partial charge on any atom is -0.336 e. The fourth-order valence-corrected chi connectivity index (χ4v) is 2.15. The highest BCUT2D eigenvalue weighted by Gasteiger charge is 2.14. The van der Waals surface area contributed by atoms with E-state index in [2.05, 4.69) is 30.5 Å². The number of nitrogens with zero attached hydrogens (tertiary/aromatic N) is 1. The quantitative estimate of drug-likeness (QED) is 0.683. The van der Waals surface area contributed by atoms with Gasteiger partial charge in [-0.3, -0.25) is 4.79 Å². The molecule has 0 atom stereocenters. The monoisotopic (exact) mass is 201 g/mol. The van der Waals surface area contributed by atoms with Gasteiger partial charge in [0.2, 0.25) is 0 Å². The molecular weight excluding hydrogens is 186 g/mol. The number of hydrogen-bond donors (Lipinski definition) is 0. The molecule has 78 valence electrons. The van der Waals surface area contributed by atoms with Gasteiger partial charge in [0.1, 0.15) is 0 Å². The van der Waals surface area contributed by atoms with Gasteiger partial charge in [0.05, 0.1) is 5.69 Å². The lowest BCUT2D eigenvalue weighted by molar-refractivity contribution is 0.111. The summed E-state index contributed by atoms with van der Waals surface area (Å²) < 4.78 is 2.09. The van der Waals surface area contributed by atoms with Gasteiger partial charge >= 0.3 is 0 Å². The fraction of sp³-hybridized carbons (Fsp3) is 0.308. The SMILES string of the molecule is Cc1c(C=O)n(C(C)C)c2ccccc12. The van der Waals surface area contributed by atoms with Crippen molar-refractivity contribution in [2.45, 2.75) is 26.8 Å². The van der Waals surface area contributed by atoms with Gasteiger partial charge in [-0.2, -0.15) is 0 Å². The first kappa shape index (κ1) is 9.97. The van der Waals surface area contributed by atoms with Gasteiger partial charge in [0, 0.05) is 16.9 Å². The van der Waals surface area contributed by atoms with Crippen LogP contribution in [0.25, 0.3) is 10.9 Å². The molecule has 2 rings (SSSR count). The third-order valence-corrected chi connectivity index (χ3v) is 2.84. The van der Waals surface area contributed by atoms with Gasteiger partial charge in [-0.25, -0.2) is 0 Å². The summed E-state index contributed by atoms with van der Waals surface area (Å²) >= 11 is 0. The van der Waals surface area contributed by atoms with Crippen LogP contribution in [0.3, 0.4) is 0 Å². The highest BCUT2D eigenvalue weighted by molar-refractivity contribution is 5.93. The zero-order chi connectivity index (χ0) is 11.0. The molecule has 2 heteroatoms. The van der Waals surface area contributed by atoms with Crippen molar-refractivity contribution >= 4 is 17.2 Å². The molecule has 0 aliphatic heterocycles. The summed E-state index contributed by atoms with van der Waals surface area (Å²) in [5.41, 5.74) is 3.02. The maximum Gasteiger partial charge on any atom is 0.166 e. The van der Waals surface area contributed by atoms with Gasteiger partial charge in [0.25, 0.3) is 0 Å². The molecule has 0 radical (unpaired) electrons. The second-order valence-corrected chi connectivity index (χ2v) is 4.11. The summed E-state index contributed by atoms with van der Waals surface area (Å²) in [5.74, 6) is 0. The second kappa shape index (κ2) is 3.54. The molecule has 1 aromatic heterocycles. The number of para-hydroxylation sites is 1. The van der Waals surface area contributed by atoms with Crippen LogP contribution >= 0.6 is 0 Å². The number of aldehydes is 1. The number of fused-ring (bicyclic) bond motifs is 1. The Balaban J connectivity index is 2.91. The maximum atomic E-state index is 11.1. The lowest BCUT2D eigenvalue weighted by Gasteiger charge is -2.11. The van der Waals surface area contributed by atoms with Crippen molar-refractivity contribution in [3.63, 3.8) is 0 Å². The smallest absolute Gasteiger partial charge is 0.166 e. The van der Waals surface area contributed by atoms with Crippen molar-refractivity contribution in [1.82, 2.24) is 4.57 Å². The Morgan fingerprint density at radius 3 is 2.53 bits per heavy atom. The Labute approximate surface area is 89.5 Å². The van der Waals surface area contributed by atoms with E-state index in [1.54, 1.807) is 0 Å². The highest BCUT2D eigenvalue weighted by Crippen LogP contribution is 2.27. The van der Waals surface area contributed by atoms with E-state index in [0.717, 1.165) is 23.1 Å². The van der Waals surface area contributed by atoms with E-state index in [4.69, 9.17) is 0 Å². The van der Waals surface area contributed by atoms with E-state index >= 15 is 0 Å². The molecular formula is C13H15NO. The van der Waals surface area contributed by atoms with Crippen LogP contribution in [0.5, 0.6) is 0 Å². The van der Waals surface area contributed by atoms with Crippen LogP contribution in [0.1, 0.15) is 35.9 Å². The fourth-order valence-electron chi connectivity index (χ4n) is 2.15. The predicted molar refractivity (Wildman–Crippen MR) is 62.4 cm³/mol. The summed E-state index contributed by atoms with van der Waals surface area (Å²) in [6.45, 7) is 6.20. The van der Waals surface area contributed by atoms with Gasteiger partial charge in [-0.05, 0) is 32.4 Å². The van der Waals surface area contributed by atoms with Crippen molar-refractivity contribution in [2.75, 3.05) is 0 Å². The first-order valence-corrected chi connectivity index (χ1v) is 5.21. The van der Waals surface area contributed by atoms with Crippen molar-refractivity contribution in [1.29, 1.82) is 0 Å². The van der Waals surface area contributed by atoms with Crippen LogP contribution in [0.15, 0.2) is 24.3 Å². The molecule has 0 fully saturated rings. The average Bonchev–Trinajstić information content (AvgIpc) is 2.52. The minimum absolute atomic E-state index is 0.309. The summed E-state index contributed by atoms with van der Waals surface area (Å²) in [6, 6.07) is 8.46. The van der Waals surface area contributed by atoms with E-state index in [9.17, 15) is 4.79 Å². The predicted octanol–water partition coefficient (Wildman–Crippen LogP) is 3.34. The third-order valence-electron chi connectivity index (χ3n) is 2.84. The molecule has 2 aromatic rings. The summed E-state index contributed by atoms with van der Waals surface area (Å²) in [4.78, 5) is 11.1. The highest BCUT2D eigenvalue weighted by atomic mass is 16.1. The summed E-state index contributed by atoms with van der Waals surface area (Å²) in [5, 5.41) is 1.17. The molecule has 0 unspecified atom stereocenters. The zero-order valence-corrected chi connectivity index (χ0v) is 9.32. The van der Waals surface area contributed by atoms with Crippen molar-refractivity contribution in [3.8, 4) is 0 Å². The Bertz CT molecular complexity index is 508. The number of rotatable bonds is 2. The van der Waals surface area contributed by atoms with Crippen LogP contribution in [0.2, 0.25) is 0 Å². The van der Waals surface area contributed by atoms with Crippen LogP contribution in [-0.2, 0) is 0 Å². The molecule has 1 heterocycles. The van der Waals surface area contributed by atoms with Gasteiger partial charge in [-0.15, -0.1) is 0 Å². The standard InChI is InChI=1S/C13H15NO/c1-9(2)14-12-7-5-4-6-11(12)10(3)13(14)8-15/h4-9H,1-3H3. The number of aromatic nitrogens is 1. The van der Waals surface area contributed by atoms with Crippen LogP contribution < -0.4 is 0 Å². The van der Waals surface area contributed by atoms with Crippen molar-refractivity contribution in [3.05, 3.63) is 35.5 Å². The Kier molecular flexibility index (Phi) is 2.35. The first-order valence-electron chi connectivity index (χ1n) is 5.21. The van der Waals surface area contributed by atoms with E-state index in [1.165, 1.54) is 5.39 Å². The van der Waals surface area contributed by atoms with E-state index < -0.39 is 0 Å². The lowest BCUT2D eigenvalue weighted by atomic mass is 10.2. The molecule has 0 aliphatic carbocycles. The molecule has 0 saturated carbocycles. The molecule has 0 saturated heterocycles. The largest absolute Gasteiger partial charge is 0.336 e. The maximum absolute atomic E-state index is 11.1. The number of aryl methyl sites for hydroxylation is 1. The zero-order valence-electron chi connectivity index (χ0n) is 9.32. The second-order valence-electron chi connectivity index (χ2n) is 4.11. The Hall–Kier alpha value is -1.57. The molecule has 15 heavy (non-hydrogen) atoms. The number of hydrogen-bond acceptors (Lipinski definition) is 1. The van der Waals surface area contributed by atoms with Gasteiger partial charge in [0.15, 0.2) is 6.29 Å². The minimum atomic E-state index is 0.309. The molecule has 1 aromatic carbocycles. The topological polar surface area (TPSA) is 22.0 Å². The normalized spacial score (nSPS) is 11.2. The summed E-state index contributed by atoms with van der Waals surface area (Å²) in [6.07, 6.45) is 0.954. The van der Waals surface area contributed by atoms with Crippen LogP contribution in [0.4, 0.5) is 0 Å². The number of benzene rings is 1. The Morgan fingerprint density at radius 2 is 1.93 bits per heavy atom. The van der Waals surface area contributed by atoms with Crippen LogP contribution in [-0.4, -0.2) is 10.9 Å². The Morgan fingerprint density at radius 1 is 1.27 bits per heavy atom. The summed E-state index contributed by atoms with van der Waals surface area (Å²) in [7, 11) is 0. The van der Waals surface area contributed by atoms with Gasteiger partial charge in [-0.1, -0.05) is 18.2 Å². The van der Waals surface area contributed by atoms with Crippen molar-refractivity contribution in [2.24, 2.45) is 0 Å². The van der Waals surface area contributed by atoms with E-state index in [-0.39, 0.29) is 0 Å². The molecule has 0 amide bonds. The molecule has 0 spiro atoms. The average molecular weight is 201 g/mol. The van der Waals surface area contributed by atoms with E-state index in [0.29, 0.717) is 6.04 Å². The number of carbonyl (C=O) groups is 1. The van der Waals surface area contributed by atoms with E-state index in [1.807, 2.05) is 19.1 Å².